The Morgan fingerprint density at radius 3 is 2.54 bits per heavy atom. The molecule has 0 radical (unpaired) electrons. The Kier molecular flexibility index (Phi) is 8.53. The molecule has 0 saturated heterocycles. The minimum absolute atomic E-state index is 0. The van der Waals surface area contributed by atoms with Crippen molar-refractivity contribution in [3.63, 3.8) is 0 Å². The van der Waals surface area contributed by atoms with E-state index in [4.69, 9.17) is 0 Å². The number of aromatic nitrogens is 2. The molecule has 0 atom stereocenters. The molecule has 3 rings (SSSR count). The lowest BCUT2D eigenvalue weighted by Gasteiger charge is -2.24. The maximum Gasteiger partial charge on any atom is 0.229 e. The number of thiazole rings is 1. The van der Waals surface area contributed by atoms with Crippen LogP contribution in [0.5, 0.6) is 0 Å². The van der Waals surface area contributed by atoms with E-state index in [0.717, 1.165) is 31.0 Å². The number of likely N-dealkylation sites (N-methyl/N-ethyl adjacent to an activating group) is 1. The van der Waals surface area contributed by atoms with Gasteiger partial charge in [0, 0.05) is 50.0 Å². The predicted octanol–water partition coefficient (Wildman–Crippen LogP) is 1.44. The molecular formula is C20H25BrN6S. The fourth-order valence-electron chi connectivity index (χ4n) is 2.80. The predicted molar refractivity (Wildman–Crippen MR) is 112 cm³/mol. The quantitative estimate of drug-likeness (QED) is 0.377. The Morgan fingerprint density at radius 1 is 1.11 bits per heavy atom. The van der Waals surface area contributed by atoms with Crippen LogP contribution in [0.15, 0.2) is 70.6 Å². The molecule has 0 unspecified atom stereocenters. The second kappa shape index (κ2) is 10.9. The molecule has 148 valence electrons. The van der Waals surface area contributed by atoms with Gasteiger partial charge < -0.3 is 26.8 Å². The second-order valence-electron chi connectivity index (χ2n) is 6.28. The van der Waals surface area contributed by atoms with Crippen LogP contribution in [0.3, 0.4) is 0 Å². The van der Waals surface area contributed by atoms with Gasteiger partial charge in [0.2, 0.25) is 5.13 Å². The average Bonchev–Trinajstić information content (AvgIpc) is 3.21. The topological polar surface area (TPSA) is 48.0 Å². The van der Waals surface area contributed by atoms with E-state index in [9.17, 15) is 0 Å². The first-order chi connectivity index (χ1) is 13.2. The normalized spacial score (nSPS) is 10.7. The maximum atomic E-state index is 4.40. The molecule has 2 heterocycles. The number of anilines is 2. The number of hydrogen-bond donors (Lipinski definition) is 0. The van der Waals surface area contributed by atoms with Gasteiger partial charge in [-0.3, -0.25) is 0 Å². The summed E-state index contributed by atoms with van der Waals surface area (Å²) >= 11 is 1.48. The lowest BCUT2D eigenvalue weighted by molar-refractivity contribution is -0.694. The van der Waals surface area contributed by atoms with Crippen molar-refractivity contribution in [1.82, 2.24) is 4.98 Å². The van der Waals surface area contributed by atoms with Gasteiger partial charge in [0.15, 0.2) is 18.9 Å². The molecule has 0 saturated carbocycles. The third kappa shape index (κ3) is 5.84. The Hall–Kier alpha value is -2.32. The zero-order chi connectivity index (χ0) is 19.1. The average molecular weight is 461 g/mol. The lowest BCUT2D eigenvalue weighted by Crippen LogP contribution is -3.00. The minimum atomic E-state index is 0. The Bertz CT molecular complexity index is 868. The Labute approximate surface area is 181 Å². The van der Waals surface area contributed by atoms with Crippen LogP contribution in [-0.2, 0) is 6.54 Å². The summed E-state index contributed by atoms with van der Waals surface area (Å²) in [5.74, 6) is 0. The largest absolute Gasteiger partial charge is 1.00 e. The van der Waals surface area contributed by atoms with E-state index >= 15 is 0 Å². The first-order valence-electron chi connectivity index (χ1n) is 8.99. The number of halogens is 1. The summed E-state index contributed by atoms with van der Waals surface area (Å²) in [6.45, 7) is 5.01. The van der Waals surface area contributed by atoms with Crippen molar-refractivity contribution >= 4 is 33.5 Å². The molecular weight excluding hydrogens is 436 g/mol. The summed E-state index contributed by atoms with van der Waals surface area (Å²) in [6.07, 6.45) is 5.93. The van der Waals surface area contributed by atoms with E-state index in [2.05, 4.69) is 73.2 Å². The maximum absolute atomic E-state index is 4.40. The zero-order valence-corrected chi connectivity index (χ0v) is 18.8. The standard InChI is InChI=1S/C20H25N6S.BrH/c1-4-26(14-13-25-11-6-5-7-12-25)17-8-9-18(19(16-17)24(2)3)22-23-20-21-10-15-27-20;/h5-12,15-16H,4,13-14H2,1-3H3;1H/q+1;/p-1. The third-order valence-corrected chi connectivity index (χ3v) is 4.91. The van der Waals surface area contributed by atoms with Crippen molar-refractivity contribution in [3.05, 3.63) is 60.4 Å². The van der Waals surface area contributed by atoms with E-state index < -0.39 is 0 Å². The van der Waals surface area contributed by atoms with Gasteiger partial charge >= 0.3 is 0 Å². The summed E-state index contributed by atoms with van der Waals surface area (Å²) in [4.78, 5) is 8.59. The van der Waals surface area contributed by atoms with E-state index in [0.29, 0.717) is 5.13 Å². The molecule has 1 aromatic carbocycles. The second-order valence-corrected chi connectivity index (χ2v) is 7.15. The molecule has 0 N–H and O–H groups in total. The Balaban J connectivity index is 0.00000280. The molecule has 0 aliphatic carbocycles. The molecule has 2 aromatic heterocycles. The van der Waals surface area contributed by atoms with Gasteiger partial charge in [0.25, 0.3) is 0 Å². The number of rotatable bonds is 8. The van der Waals surface area contributed by atoms with Gasteiger partial charge in [0.1, 0.15) is 5.69 Å². The van der Waals surface area contributed by atoms with Crippen molar-refractivity contribution in [2.24, 2.45) is 10.2 Å². The van der Waals surface area contributed by atoms with E-state index in [-0.39, 0.29) is 17.0 Å². The number of benzene rings is 1. The molecule has 0 fully saturated rings. The Morgan fingerprint density at radius 2 is 1.89 bits per heavy atom. The highest BCUT2D eigenvalue weighted by molar-refractivity contribution is 7.13. The summed E-state index contributed by atoms with van der Waals surface area (Å²) in [6, 6.07) is 12.5. The van der Waals surface area contributed by atoms with Gasteiger partial charge in [-0.25, -0.2) is 9.55 Å². The zero-order valence-electron chi connectivity index (χ0n) is 16.4. The van der Waals surface area contributed by atoms with Gasteiger partial charge in [-0.1, -0.05) is 6.07 Å². The van der Waals surface area contributed by atoms with Gasteiger partial charge in [0.05, 0.1) is 12.2 Å². The molecule has 3 aromatic rings. The molecule has 0 aliphatic heterocycles. The minimum Gasteiger partial charge on any atom is -1.00 e. The van der Waals surface area contributed by atoms with Gasteiger partial charge in [-0.05, 0) is 25.1 Å². The molecule has 6 nitrogen and oxygen atoms in total. The van der Waals surface area contributed by atoms with Crippen LogP contribution < -0.4 is 31.3 Å². The van der Waals surface area contributed by atoms with E-state index in [1.165, 1.54) is 17.0 Å². The van der Waals surface area contributed by atoms with Crippen LogP contribution in [0.1, 0.15) is 6.92 Å². The fraction of sp³-hybridized carbons (Fsp3) is 0.300. The number of azo groups is 1. The summed E-state index contributed by atoms with van der Waals surface area (Å²) in [5.41, 5.74) is 3.07. The summed E-state index contributed by atoms with van der Waals surface area (Å²) in [5, 5.41) is 11.2. The van der Waals surface area contributed by atoms with Crippen LogP contribution in [0, 0.1) is 0 Å². The summed E-state index contributed by atoms with van der Waals surface area (Å²) < 4.78 is 2.20. The van der Waals surface area contributed by atoms with E-state index in [1.807, 2.05) is 31.6 Å². The van der Waals surface area contributed by atoms with Gasteiger partial charge in [-0.2, -0.15) is 0 Å². The highest BCUT2D eigenvalue weighted by Crippen LogP contribution is 2.33. The lowest BCUT2D eigenvalue weighted by atomic mass is 10.2. The monoisotopic (exact) mass is 460 g/mol. The van der Waals surface area contributed by atoms with Crippen LogP contribution >= 0.6 is 11.3 Å². The van der Waals surface area contributed by atoms with Gasteiger partial charge in [-0.15, -0.1) is 21.6 Å². The highest BCUT2D eigenvalue weighted by atomic mass is 79.9. The smallest absolute Gasteiger partial charge is 0.229 e. The van der Waals surface area contributed by atoms with Crippen LogP contribution in [0.25, 0.3) is 0 Å². The molecule has 0 aliphatic rings. The molecule has 28 heavy (non-hydrogen) atoms. The SMILES string of the molecule is CCN(CC[n+]1ccccc1)c1ccc(N=Nc2nccs2)c(N(C)C)c1.[Br-]. The van der Waals surface area contributed by atoms with Crippen molar-refractivity contribution in [2.45, 2.75) is 13.5 Å². The third-order valence-electron chi connectivity index (χ3n) is 4.26. The van der Waals surface area contributed by atoms with Crippen LogP contribution in [-0.4, -0.2) is 32.2 Å². The van der Waals surface area contributed by atoms with Crippen molar-refractivity contribution < 1.29 is 21.5 Å². The fourth-order valence-corrected chi connectivity index (χ4v) is 3.26. The molecule has 0 bridgehead atoms. The number of hydrogen-bond acceptors (Lipinski definition) is 6. The van der Waals surface area contributed by atoms with Crippen molar-refractivity contribution in [2.75, 3.05) is 37.0 Å². The molecule has 8 heteroatoms. The first-order valence-corrected chi connectivity index (χ1v) is 9.87. The highest BCUT2D eigenvalue weighted by Gasteiger charge is 2.12. The summed E-state index contributed by atoms with van der Waals surface area (Å²) in [7, 11) is 4.05. The first kappa shape index (κ1) is 22.0. The molecule has 0 spiro atoms. The van der Waals surface area contributed by atoms with E-state index in [1.54, 1.807) is 6.20 Å². The van der Waals surface area contributed by atoms with Crippen LogP contribution in [0.2, 0.25) is 0 Å². The number of nitrogens with zero attached hydrogens (tertiary/aromatic N) is 6. The van der Waals surface area contributed by atoms with Crippen molar-refractivity contribution in [3.8, 4) is 0 Å². The van der Waals surface area contributed by atoms with Crippen LogP contribution in [0.4, 0.5) is 22.2 Å². The van der Waals surface area contributed by atoms with Crippen molar-refractivity contribution in [1.29, 1.82) is 0 Å². The molecule has 0 amide bonds. The number of pyridine rings is 1.